The van der Waals surface area contributed by atoms with Gasteiger partial charge in [0.25, 0.3) is 0 Å². The van der Waals surface area contributed by atoms with E-state index in [4.69, 9.17) is 0 Å². The first kappa shape index (κ1) is 20.4. The van der Waals surface area contributed by atoms with E-state index in [1.54, 1.807) is 0 Å². The normalized spacial score (nSPS) is 24.6. The molecule has 154 valence electrons. The first-order valence-corrected chi connectivity index (χ1v) is 11.8. The molecule has 8 heteroatoms. The van der Waals surface area contributed by atoms with E-state index in [0.29, 0.717) is 17.0 Å². The molecule has 4 rings (SSSR count). The molecule has 1 aromatic heterocycles. The molecule has 2 aromatic rings. The van der Waals surface area contributed by atoms with E-state index < -0.39 is 5.25 Å². The van der Waals surface area contributed by atoms with Crippen molar-refractivity contribution in [2.75, 3.05) is 23.7 Å². The van der Waals surface area contributed by atoms with Crippen molar-refractivity contribution in [3.63, 3.8) is 0 Å². The SMILES string of the molecule is C[C@@H]1C[C@H](C)CN(Cc2csc(NC(=O)C[C@H]3Sc4ccccc4NC3=O)n2)C1. The highest BCUT2D eigenvalue weighted by Gasteiger charge is 2.29. The van der Waals surface area contributed by atoms with E-state index in [-0.39, 0.29) is 18.2 Å². The van der Waals surface area contributed by atoms with Gasteiger partial charge in [-0.15, -0.1) is 23.1 Å². The van der Waals surface area contributed by atoms with Crippen LogP contribution in [0.1, 0.15) is 32.4 Å². The summed E-state index contributed by atoms with van der Waals surface area (Å²) in [5.74, 6) is 1.11. The molecule has 0 saturated carbocycles. The first-order chi connectivity index (χ1) is 14.0. The van der Waals surface area contributed by atoms with E-state index in [1.807, 2.05) is 29.6 Å². The summed E-state index contributed by atoms with van der Waals surface area (Å²) in [4.78, 5) is 32.8. The average molecular weight is 431 g/mol. The molecule has 1 fully saturated rings. The third-order valence-corrected chi connectivity index (χ3v) is 7.29. The van der Waals surface area contributed by atoms with Gasteiger partial charge >= 0.3 is 0 Å². The number of nitrogens with one attached hydrogen (secondary N) is 2. The molecule has 3 heterocycles. The smallest absolute Gasteiger partial charge is 0.238 e. The number of thiazole rings is 1. The van der Waals surface area contributed by atoms with Crippen LogP contribution in [0, 0.1) is 11.8 Å². The summed E-state index contributed by atoms with van der Waals surface area (Å²) < 4.78 is 0. The topological polar surface area (TPSA) is 74.3 Å². The Morgan fingerprint density at radius 1 is 1.28 bits per heavy atom. The number of benzene rings is 1. The van der Waals surface area contributed by atoms with Crippen molar-refractivity contribution in [3.8, 4) is 0 Å². The lowest BCUT2D eigenvalue weighted by Gasteiger charge is -2.34. The number of rotatable bonds is 5. The van der Waals surface area contributed by atoms with Crippen LogP contribution in [0.2, 0.25) is 0 Å². The van der Waals surface area contributed by atoms with Crippen molar-refractivity contribution in [1.82, 2.24) is 9.88 Å². The van der Waals surface area contributed by atoms with Crippen LogP contribution in [0.3, 0.4) is 0 Å². The summed E-state index contributed by atoms with van der Waals surface area (Å²) in [6, 6.07) is 7.65. The number of carbonyl (C=O) groups excluding carboxylic acids is 2. The van der Waals surface area contributed by atoms with Crippen molar-refractivity contribution < 1.29 is 9.59 Å². The molecule has 0 bridgehead atoms. The second kappa shape index (κ2) is 8.85. The lowest BCUT2D eigenvalue weighted by Crippen LogP contribution is -2.38. The predicted molar refractivity (Wildman–Crippen MR) is 118 cm³/mol. The highest BCUT2D eigenvalue weighted by Crippen LogP contribution is 2.36. The van der Waals surface area contributed by atoms with Gasteiger partial charge in [-0.1, -0.05) is 26.0 Å². The largest absolute Gasteiger partial charge is 0.324 e. The molecule has 3 atom stereocenters. The number of piperidine rings is 1. The highest BCUT2D eigenvalue weighted by molar-refractivity contribution is 8.01. The summed E-state index contributed by atoms with van der Waals surface area (Å²) in [5.41, 5.74) is 1.80. The molecule has 6 nitrogen and oxygen atoms in total. The van der Waals surface area contributed by atoms with Crippen molar-refractivity contribution in [2.24, 2.45) is 11.8 Å². The second-order valence-corrected chi connectivity index (χ2v) is 10.2. The monoisotopic (exact) mass is 430 g/mol. The van der Waals surface area contributed by atoms with Gasteiger partial charge in [-0.2, -0.15) is 0 Å². The molecular formula is C21H26N4O2S2. The maximum atomic E-state index is 12.5. The maximum Gasteiger partial charge on any atom is 0.238 e. The summed E-state index contributed by atoms with van der Waals surface area (Å²) in [6.07, 6.45) is 1.41. The number of hydrogen-bond donors (Lipinski definition) is 2. The van der Waals surface area contributed by atoms with Crippen LogP contribution in [0.4, 0.5) is 10.8 Å². The van der Waals surface area contributed by atoms with Crippen LogP contribution in [0.5, 0.6) is 0 Å². The molecule has 1 saturated heterocycles. The van der Waals surface area contributed by atoms with Gasteiger partial charge in [0.2, 0.25) is 11.8 Å². The van der Waals surface area contributed by atoms with Crippen molar-refractivity contribution >= 4 is 45.7 Å². The first-order valence-electron chi connectivity index (χ1n) is 9.99. The van der Waals surface area contributed by atoms with Crippen LogP contribution >= 0.6 is 23.1 Å². The third-order valence-electron chi connectivity index (χ3n) is 5.21. The molecule has 2 aliphatic rings. The molecule has 0 spiro atoms. The number of likely N-dealkylation sites (tertiary alicyclic amines) is 1. The van der Waals surface area contributed by atoms with Gasteiger partial charge in [0.1, 0.15) is 0 Å². The molecule has 2 N–H and O–H groups in total. The van der Waals surface area contributed by atoms with Gasteiger partial charge < -0.3 is 10.6 Å². The average Bonchev–Trinajstić information content (AvgIpc) is 3.08. The van der Waals surface area contributed by atoms with E-state index in [1.165, 1.54) is 29.5 Å². The number of aromatic nitrogens is 1. The van der Waals surface area contributed by atoms with Crippen LogP contribution in [0.15, 0.2) is 34.5 Å². The number of para-hydroxylation sites is 1. The lowest BCUT2D eigenvalue weighted by molar-refractivity contribution is -0.120. The number of hydrogen-bond acceptors (Lipinski definition) is 6. The molecule has 29 heavy (non-hydrogen) atoms. The number of anilines is 2. The molecule has 0 unspecified atom stereocenters. The minimum absolute atomic E-state index is 0.126. The second-order valence-electron chi connectivity index (χ2n) is 8.13. The fourth-order valence-electron chi connectivity index (χ4n) is 4.15. The Morgan fingerprint density at radius 2 is 2.03 bits per heavy atom. The molecule has 0 radical (unpaired) electrons. The summed E-state index contributed by atoms with van der Waals surface area (Å²) in [6.45, 7) is 7.61. The zero-order valence-electron chi connectivity index (χ0n) is 16.7. The van der Waals surface area contributed by atoms with Gasteiger partial charge in [0.05, 0.1) is 16.6 Å². The molecule has 2 amide bonds. The predicted octanol–water partition coefficient (Wildman–Crippen LogP) is 4.06. The fraction of sp³-hybridized carbons (Fsp3) is 0.476. The van der Waals surface area contributed by atoms with Crippen LogP contribution in [0.25, 0.3) is 0 Å². The highest BCUT2D eigenvalue weighted by atomic mass is 32.2. The van der Waals surface area contributed by atoms with Crippen LogP contribution in [-0.4, -0.2) is 40.0 Å². The molecular weight excluding hydrogens is 404 g/mol. The quantitative estimate of drug-likeness (QED) is 0.748. The van der Waals surface area contributed by atoms with E-state index in [2.05, 4.69) is 34.4 Å². The third kappa shape index (κ3) is 5.18. The Bertz CT molecular complexity index is 890. The van der Waals surface area contributed by atoms with Gasteiger partial charge in [-0.05, 0) is 30.4 Å². The maximum absolute atomic E-state index is 12.5. The standard InChI is InChI=1S/C21H26N4O2S2/c1-13-7-14(2)10-25(9-13)11-15-12-28-21(22-15)24-19(26)8-18-20(27)23-16-5-3-4-6-17(16)29-18/h3-6,12-14,18H,7-11H2,1-2H3,(H,23,27)(H,22,24,26)/t13-,14+,18-/m1/s1. The Labute approximate surface area is 179 Å². The van der Waals surface area contributed by atoms with Gasteiger partial charge in [-0.3, -0.25) is 14.5 Å². The zero-order valence-corrected chi connectivity index (χ0v) is 18.3. The Morgan fingerprint density at radius 3 is 2.83 bits per heavy atom. The lowest BCUT2D eigenvalue weighted by atomic mass is 9.92. The van der Waals surface area contributed by atoms with E-state index >= 15 is 0 Å². The zero-order chi connectivity index (χ0) is 20.4. The number of nitrogens with zero attached hydrogens (tertiary/aromatic N) is 2. The van der Waals surface area contributed by atoms with E-state index in [0.717, 1.165) is 35.9 Å². The summed E-state index contributed by atoms with van der Waals surface area (Å²) >= 11 is 2.88. The van der Waals surface area contributed by atoms with Gasteiger partial charge in [-0.25, -0.2) is 4.98 Å². The Kier molecular flexibility index (Phi) is 6.22. The number of amides is 2. The Balaban J connectivity index is 1.31. The van der Waals surface area contributed by atoms with Crippen molar-refractivity contribution in [1.29, 1.82) is 0 Å². The van der Waals surface area contributed by atoms with Crippen molar-refractivity contribution in [3.05, 3.63) is 35.3 Å². The fourth-order valence-corrected chi connectivity index (χ4v) is 5.98. The minimum Gasteiger partial charge on any atom is -0.324 e. The summed E-state index contributed by atoms with van der Waals surface area (Å²) in [5, 5.41) is 7.93. The number of carbonyl (C=O) groups is 2. The van der Waals surface area contributed by atoms with E-state index in [9.17, 15) is 9.59 Å². The van der Waals surface area contributed by atoms with Crippen molar-refractivity contribution in [2.45, 2.75) is 43.4 Å². The number of fused-ring (bicyclic) bond motifs is 1. The summed E-state index contributed by atoms with van der Waals surface area (Å²) in [7, 11) is 0. The minimum atomic E-state index is -0.430. The Hall–Kier alpha value is -1.90. The molecule has 0 aliphatic carbocycles. The van der Waals surface area contributed by atoms with Gasteiger partial charge in [0.15, 0.2) is 5.13 Å². The molecule has 2 aliphatic heterocycles. The molecule has 1 aromatic carbocycles. The number of thioether (sulfide) groups is 1. The van der Waals surface area contributed by atoms with Crippen LogP contribution < -0.4 is 10.6 Å². The van der Waals surface area contributed by atoms with Crippen LogP contribution in [-0.2, 0) is 16.1 Å². The van der Waals surface area contributed by atoms with Gasteiger partial charge in [0, 0.05) is 36.3 Å².